The third-order valence-corrected chi connectivity index (χ3v) is 4.68. The van der Waals surface area contributed by atoms with Crippen LogP contribution in [-0.2, 0) is 14.8 Å². The number of benzene rings is 1. The van der Waals surface area contributed by atoms with Gasteiger partial charge in [0.1, 0.15) is 11.4 Å². The Balaban J connectivity index is 2.07. The fourth-order valence-electron chi connectivity index (χ4n) is 2.09. The van der Waals surface area contributed by atoms with Gasteiger partial charge in [-0.1, -0.05) is 17.3 Å². The molecular weight excluding hydrogens is 332 g/mol. The first-order valence-corrected chi connectivity index (χ1v) is 8.72. The lowest BCUT2D eigenvalue weighted by Gasteiger charge is -2.04. The highest BCUT2D eigenvalue weighted by Crippen LogP contribution is 2.18. The Bertz CT molecular complexity index is 832. The number of carbonyl (C=O) groups excluding carboxylic acids is 1. The molecule has 24 heavy (non-hydrogen) atoms. The second kappa shape index (κ2) is 7.31. The molecule has 0 aliphatic carbocycles. The quantitative estimate of drug-likeness (QED) is 0.802. The Kier molecular flexibility index (Phi) is 5.40. The minimum atomic E-state index is -4.02. The number of nitrogens with one attached hydrogen (secondary N) is 1. The van der Waals surface area contributed by atoms with Gasteiger partial charge in [-0.3, -0.25) is 4.79 Å². The van der Waals surface area contributed by atoms with Gasteiger partial charge in [0.15, 0.2) is 10.7 Å². The molecule has 8 heteroatoms. The molecule has 0 atom stereocenters. The van der Waals surface area contributed by atoms with Crippen molar-refractivity contribution in [3.05, 3.63) is 47.4 Å². The maximum atomic E-state index is 12.2. The molecule has 7 nitrogen and oxygen atoms in total. The van der Waals surface area contributed by atoms with E-state index in [2.05, 4.69) is 5.16 Å². The minimum absolute atomic E-state index is 0.120. The summed E-state index contributed by atoms with van der Waals surface area (Å²) in [4.78, 5) is 11.7. The van der Waals surface area contributed by atoms with Crippen LogP contribution >= 0.6 is 0 Å². The van der Waals surface area contributed by atoms with Crippen molar-refractivity contribution < 1.29 is 22.5 Å². The van der Waals surface area contributed by atoms with E-state index in [1.165, 1.54) is 19.9 Å². The number of aromatic nitrogens is 1. The summed E-state index contributed by atoms with van der Waals surface area (Å²) in [5.74, 6) is 0.0901. The number of hydrogen-bond acceptors (Lipinski definition) is 6. The van der Waals surface area contributed by atoms with Crippen LogP contribution in [0.4, 0.5) is 0 Å². The summed E-state index contributed by atoms with van der Waals surface area (Å²) in [6.45, 7) is 5.41. The summed E-state index contributed by atoms with van der Waals surface area (Å²) in [5.41, 5.74) is 0.937. The summed E-state index contributed by atoms with van der Waals surface area (Å²) in [6.07, 6.45) is 2.65. The smallest absolute Gasteiger partial charge is 0.269 e. The highest BCUT2D eigenvalue weighted by molar-refractivity contribution is 7.90. The van der Waals surface area contributed by atoms with E-state index in [1.54, 1.807) is 24.3 Å². The van der Waals surface area contributed by atoms with Crippen molar-refractivity contribution >= 4 is 22.0 Å². The Hall–Kier alpha value is -2.61. The molecule has 0 aliphatic heterocycles. The maximum absolute atomic E-state index is 12.2. The fourth-order valence-corrected chi connectivity index (χ4v) is 3.37. The van der Waals surface area contributed by atoms with Crippen LogP contribution in [0, 0.1) is 13.8 Å². The van der Waals surface area contributed by atoms with Gasteiger partial charge in [-0.15, -0.1) is 0 Å². The number of sulfonamides is 1. The Morgan fingerprint density at radius 1 is 1.29 bits per heavy atom. The standard InChI is InChI=1S/C16H18N2O5S/c1-4-22-14-8-5-13(6-9-14)7-10-15(19)18-24(20,21)16-11(2)17-23-12(16)3/h5-10H,4H2,1-3H3,(H,18,19)/b10-7+. The molecule has 0 radical (unpaired) electrons. The molecule has 0 unspecified atom stereocenters. The normalized spacial score (nSPS) is 11.6. The molecule has 1 amide bonds. The predicted molar refractivity (Wildman–Crippen MR) is 88.0 cm³/mol. The zero-order valence-electron chi connectivity index (χ0n) is 13.6. The monoisotopic (exact) mass is 350 g/mol. The molecule has 1 aromatic heterocycles. The zero-order chi connectivity index (χ0) is 17.7. The molecule has 1 aromatic carbocycles. The number of carbonyl (C=O) groups is 1. The Morgan fingerprint density at radius 2 is 1.96 bits per heavy atom. The van der Waals surface area contributed by atoms with Crippen LogP contribution in [0.25, 0.3) is 6.08 Å². The first-order valence-electron chi connectivity index (χ1n) is 7.24. The van der Waals surface area contributed by atoms with Crippen LogP contribution in [0.2, 0.25) is 0 Å². The van der Waals surface area contributed by atoms with Crippen molar-refractivity contribution in [2.45, 2.75) is 25.7 Å². The number of nitrogens with zero attached hydrogens (tertiary/aromatic N) is 1. The van der Waals surface area contributed by atoms with Crippen LogP contribution in [0.3, 0.4) is 0 Å². The van der Waals surface area contributed by atoms with Crippen LogP contribution in [-0.4, -0.2) is 26.1 Å². The second-order valence-corrected chi connectivity index (χ2v) is 6.58. The summed E-state index contributed by atoms with van der Waals surface area (Å²) in [7, 11) is -4.02. The van der Waals surface area contributed by atoms with E-state index in [0.717, 1.165) is 17.4 Å². The first kappa shape index (κ1) is 17.7. The van der Waals surface area contributed by atoms with E-state index in [1.807, 2.05) is 11.6 Å². The minimum Gasteiger partial charge on any atom is -0.494 e. The van der Waals surface area contributed by atoms with E-state index < -0.39 is 15.9 Å². The lowest BCUT2D eigenvalue weighted by molar-refractivity contribution is -0.114. The molecule has 0 spiro atoms. The van der Waals surface area contributed by atoms with Crippen LogP contribution < -0.4 is 9.46 Å². The SMILES string of the molecule is CCOc1ccc(/C=C/C(=O)NS(=O)(=O)c2c(C)noc2C)cc1. The lowest BCUT2D eigenvalue weighted by Crippen LogP contribution is -2.29. The zero-order valence-corrected chi connectivity index (χ0v) is 14.4. The largest absolute Gasteiger partial charge is 0.494 e. The molecule has 0 aliphatic rings. The maximum Gasteiger partial charge on any atom is 0.269 e. The third-order valence-electron chi connectivity index (χ3n) is 3.09. The molecule has 1 heterocycles. The summed E-state index contributed by atoms with van der Waals surface area (Å²) in [6, 6.07) is 7.05. The van der Waals surface area contributed by atoms with Gasteiger partial charge in [0.05, 0.1) is 6.61 Å². The van der Waals surface area contributed by atoms with Crippen LogP contribution in [0.5, 0.6) is 5.75 Å². The van der Waals surface area contributed by atoms with E-state index >= 15 is 0 Å². The molecule has 2 rings (SSSR count). The molecule has 0 bridgehead atoms. The highest BCUT2D eigenvalue weighted by Gasteiger charge is 2.25. The Labute approximate surface area is 140 Å². The van der Waals surface area contributed by atoms with Gasteiger partial charge in [-0.2, -0.15) is 0 Å². The van der Waals surface area contributed by atoms with Gasteiger partial charge >= 0.3 is 0 Å². The number of aryl methyl sites for hydroxylation is 2. The van der Waals surface area contributed by atoms with Gasteiger partial charge in [0, 0.05) is 6.08 Å². The molecular formula is C16H18N2O5S. The fraction of sp³-hybridized carbons (Fsp3) is 0.250. The van der Waals surface area contributed by atoms with E-state index in [4.69, 9.17) is 9.26 Å². The van der Waals surface area contributed by atoms with Crippen molar-refractivity contribution in [3.8, 4) is 5.75 Å². The summed E-state index contributed by atoms with van der Waals surface area (Å²) < 4.78 is 36.5. The van der Waals surface area contributed by atoms with Crippen molar-refractivity contribution in [2.75, 3.05) is 6.61 Å². The van der Waals surface area contributed by atoms with Crippen molar-refractivity contribution in [1.29, 1.82) is 0 Å². The van der Waals surface area contributed by atoms with Crippen molar-refractivity contribution in [2.24, 2.45) is 0 Å². The van der Waals surface area contributed by atoms with E-state index in [0.29, 0.717) is 6.61 Å². The summed E-state index contributed by atoms with van der Waals surface area (Å²) in [5, 5.41) is 3.57. The molecule has 0 saturated carbocycles. The average molecular weight is 350 g/mol. The molecule has 0 fully saturated rings. The van der Waals surface area contributed by atoms with Gasteiger partial charge in [0.25, 0.3) is 15.9 Å². The van der Waals surface area contributed by atoms with Gasteiger partial charge < -0.3 is 9.26 Å². The van der Waals surface area contributed by atoms with Crippen molar-refractivity contribution in [3.63, 3.8) is 0 Å². The number of hydrogen-bond donors (Lipinski definition) is 1. The third kappa shape index (κ3) is 4.23. The van der Waals surface area contributed by atoms with E-state index in [9.17, 15) is 13.2 Å². The number of ether oxygens (including phenoxy) is 1. The van der Waals surface area contributed by atoms with Gasteiger partial charge in [-0.25, -0.2) is 13.1 Å². The Morgan fingerprint density at radius 3 is 2.50 bits per heavy atom. The van der Waals surface area contributed by atoms with Crippen molar-refractivity contribution in [1.82, 2.24) is 9.88 Å². The van der Waals surface area contributed by atoms with E-state index in [-0.39, 0.29) is 16.3 Å². The number of rotatable bonds is 6. The lowest BCUT2D eigenvalue weighted by atomic mass is 10.2. The molecule has 1 N–H and O–H groups in total. The summed E-state index contributed by atoms with van der Waals surface area (Å²) >= 11 is 0. The predicted octanol–water partition coefficient (Wildman–Crippen LogP) is 2.21. The topological polar surface area (TPSA) is 98.5 Å². The second-order valence-electron chi connectivity index (χ2n) is 4.96. The number of amides is 1. The van der Waals surface area contributed by atoms with Crippen LogP contribution in [0.1, 0.15) is 23.9 Å². The van der Waals surface area contributed by atoms with Gasteiger partial charge in [0.2, 0.25) is 0 Å². The highest BCUT2D eigenvalue weighted by atomic mass is 32.2. The van der Waals surface area contributed by atoms with Crippen LogP contribution in [0.15, 0.2) is 39.8 Å². The molecule has 128 valence electrons. The average Bonchev–Trinajstić information content (AvgIpc) is 2.86. The molecule has 0 saturated heterocycles. The van der Waals surface area contributed by atoms with Gasteiger partial charge in [-0.05, 0) is 44.5 Å². The first-order chi connectivity index (χ1) is 11.3. The molecule has 2 aromatic rings.